The molecular formula is C6H18ClNO3Si. The van der Waals surface area contributed by atoms with Crippen molar-refractivity contribution in [3.8, 4) is 0 Å². The zero-order valence-corrected chi connectivity index (χ0v) is 9.69. The lowest BCUT2D eigenvalue weighted by molar-refractivity contribution is -0.367. The molecule has 0 rings (SSSR count). The average molecular weight is 216 g/mol. The molecule has 0 amide bonds. The highest BCUT2D eigenvalue weighted by Gasteiger charge is 2.36. The Balaban J connectivity index is 0. The first kappa shape index (κ1) is 14.8. The number of hydrogen-bond donors (Lipinski definition) is 1. The van der Waals surface area contributed by atoms with E-state index in [-0.39, 0.29) is 12.4 Å². The highest BCUT2D eigenvalue weighted by Crippen LogP contribution is 2.13. The molecule has 0 aliphatic heterocycles. The van der Waals surface area contributed by atoms with Crippen LogP contribution < -0.4 is 18.1 Å². The molecule has 12 heavy (non-hydrogen) atoms. The highest BCUT2D eigenvalue weighted by atomic mass is 35.5. The summed E-state index contributed by atoms with van der Waals surface area (Å²) >= 11 is 0. The average Bonchev–Trinajstić information content (AvgIpc) is 2.08. The molecule has 6 heteroatoms. The Morgan fingerprint density at radius 2 is 1.50 bits per heavy atom. The molecule has 4 nitrogen and oxygen atoms in total. The quantitative estimate of drug-likeness (QED) is 0.468. The molecule has 0 aromatic heterocycles. The maximum Gasteiger partial charge on any atom is 0.500 e. The van der Waals surface area contributed by atoms with E-state index >= 15 is 0 Å². The Kier molecular flexibility index (Phi) is 9.86. The number of hydrogen-bond acceptors (Lipinski definition) is 3. The van der Waals surface area contributed by atoms with E-state index in [0.29, 0.717) is 0 Å². The van der Waals surface area contributed by atoms with Gasteiger partial charge in [0.1, 0.15) is 0 Å². The van der Waals surface area contributed by atoms with Crippen molar-refractivity contribution in [1.82, 2.24) is 0 Å². The zero-order chi connectivity index (χ0) is 8.74. The van der Waals surface area contributed by atoms with Crippen molar-refractivity contribution in [2.75, 3.05) is 27.9 Å². The molecule has 0 radical (unpaired) electrons. The van der Waals surface area contributed by atoms with Crippen LogP contribution >= 0.6 is 0 Å². The van der Waals surface area contributed by atoms with Crippen LogP contribution in [0.4, 0.5) is 0 Å². The summed E-state index contributed by atoms with van der Waals surface area (Å²) in [5.41, 5.74) is 3.75. The first-order valence-electron chi connectivity index (χ1n) is 3.69. The van der Waals surface area contributed by atoms with Gasteiger partial charge in [0.15, 0.2) is 0 Å². The Morgan fingerprint density at radius 3 is 1.75 bits per heavy atom. The van der Waals surface area contributed by atoms with E-state index in [1.54, 1.807) is 21.3 Å². The molecule has 0 saturated carbocycles. The molecule has 0 bridgehead atoms. The summed E-state index contributed by atoms with van der Waals surface area (Å²) in [5, 5.41) is 0. The molecule has 0 heterocycles. The standard InChI is InChI=1S/C6H17NO3Si.ClH/c1-8-11(9-2,10-3)6-4-5-7;/h4-7H2,1-3H3;1H. The van der Waals surface area contributed by atoms with Crippen molar-refractivity contribution in [2.24, 2.45) is 0 Å². The van der Waals surface area contributed by atoms with Crippen LogP contribution in [0.1, 0.15) is 6.42 Å². The van der Waals surface area contributed by atoms with Gasteiger partial charge in [-0.2, -0.15) is 0 Å². The molecule has 0 aliphatic carbocycles. The van der Waals surface area contributed by atoms with Crippen molar-refractivity contribution in [3.05, 3.63) is 0 Å². The van der Waals surface area contributed by atoms with Crippen LogP contribution in [0.15, 0.2) is 0 Å². The molecule has 76 valence electrons. The molecule has 0 aromatic carbocycles. The third-order valence-electron chi connectivity index (χ3n) is 1.67. The normalized spacial score (nSPS) is 11.0. The number of halogens is 1. The molecule has 0 aliphatic rings. The van der Waals surface area contributed by atoms with E-state index < -0.39 is 8.80 Å². The summed E-state index contributed by atoms with van der Waals surface area (Å²) in [6, 6.07) is 0.847. The van der Waals surface area contributed by atoms with E-state index in [2.05, 4.69) is 5.73 Å². The van der Waals surface area contributed by atoms with Crippen LogP contribution in [0.3, 0.4) is 0 Å². The molecule has 0 spiro atoms. The lowest BCUT2D eigenvalue weighted by Crippen LogP contribution is -3.00. The fourth-order valence-corrected chi connectivity index (χ4v) is 2.69. The van der Waals surface area contributed by atoms with Crippen LogP contribution in [0.2, 0.25) is 6.04 Å². The summed E-state index contributed by atoms with van der Waals surface area (Å²) in [5.74, 6) is 0. The SMILES string of the molecule is CO[Si](CCC[NH3+])(OC)OC.[Cl-]. The molecule has 0 unspecified atom stereocenters. The minimum atomic E-state index is -2.28. The van der Waals surface area contributed by atoms with Gasteiger partial charge in [-0.15, -0.1) is 0 Å². The first-order valence-corrected chi connectivity index (χ1v) is 5.62. The van der Waals surface area contributed by atoms with Gasteiger partial charge in [0.25, 0.3) is 0 Å². The van der Waals surface area contributed by atoms with Crippen molar-refractivity contribution < 1.29 is 31.4 Å². The van der Waals surface area contributed by atoms with Crippen LogP contribution in [0.5, 0.6) is 0 Å². The van der Waals surface area contributed by atoms with Gasteiger partial charge in [-0.25, -0.2) is 0 Å². The maximum absolute atomic E-state index is 5.20. The molecular weight excluding hydrogens is 198 g/mol. The van der Waals surface area contributed by atoms with Crippen molar-refractivity contribution >= 4 is 8.80 Å². The van der Waals surface area contributed by atoms with Crippen LogP contribution in [0, 0.1) is 0 Å². The van der Waals surface area contributed by atoms with Gasteiger partial charge in [-0.3, -0.25) is 0 Å². The van der Waals surface area contributed by atoms with Gasteiger partial charge >= 0.3 is 8.80 Å². The third-order valence-corrected chi connectivity index (χ3v) is 4.50. The lowest BCUT2D eigenvalue weighted by Gasteiger charge is -2.23. The van der Waals surface area contributed by atoms with E-state index in [1.165, 1.54) is 0 Å². The molecule has 3 N–H and O–H groups in total. The fourth-order valence-electron chi connectivity index (χ4n) is 0.898. The Labute approximate surface area is 81.1 Å². The van der Waals surface area contributed by atoms with E-state index in [1.807, 2.05) is 0 Å². The van der Waals surface area contributed by atoms with Gasteiger partial charge in [-0.05, 0) is 0 Å². The topological polar surface area (TPSA) is 55.3 Å². The van der Waals surface area contributed by atoms with E-state index in [4.69, 9.17) is 13.3 Å². The van der Waals surface area contributed by atoms with E-state index in [9.17, 15) is 0 Å². The predicted molar refractivity (Wildman–Crippen MR) is 44.0 cm³/mol. The van der Waals surface area contributed by atoms with Gasteiger partial charge in [0.2, 0.25) is 0 Å². The summed E-state index contributed by atoms with van der Waals surface area (Å²) in [7, 11) is 2.60. The summed E-state index contributed by atoms with van der Waals surface area (Å²) in [4.78, 5) is 0. The minimum Gasteiger partial charge on any atom is -1.00 e. The summed E-state index contributed by atoms with van der Waals surface area (Å²) in [6.07, 6.45) is 0.988. The number of rotatable bonds is 6. The van der Waals surface area contributed by atoms with Gasteiger partial charge in [0, 0.05) is 33.8 Å². The summed E-state index contributed by atoms with van der Waals surface area (Å²) < 4.78 is 15.6. The predicted octanol–water partition coefficient (Wildman–Crippen LogP) is -3.50. The Hall–Kier alpha value is 0.347. The number of quaternary nitrogens is 1. The van der Waals surface area contributed by atoms with Crippen molar-refractivity contribution in [2.45, 2.75) is 12.5 Å². The third kappa shape index (κ3) is 4.39. The Morgan fingerprint density at radius 1 is 1.08 bits per heavy atom. The lowest BCUT2D eigenvalue weighted by atomic mass is 10.5. The first-order chi connectivity index (χ1) is 5.24. The highest BCUT2D eigenvalue weighted by molar-refractivity contribution is 6.60. The van der Waals surface area contributed by atoms with Crippen molar-refractivity contribution in [1.29, 1.82) is 0 Å². The zero-order valence-electron chi connectivity index (χ0n) is 7.93. The maximum atomic E-state index is 5.20. The minimum absolute atomic E-state index is 0. The second kappa shape index (κ2) is 7.97. The van der Waals surface area contributed by atoms with Crippen LogP contribution in [-0.2, 0) is 13.3 Å². The van der Waals surface area contributed by atoms with Gasteiger partial charge < -0.3 is 31.4 Å². The second-order valence-corrected chi connectivity index (χ2v) is 5.34. The molecule has 0 saturated heterocycles. The second-order valence-electron chi connectivity index (χ2n) is 2.25. The van der Waals surface area contributed by atoms with Crippen molar-refractivity contribution in [3.63, 3.8) is 0 Å². The monoisotopic (exact) mass is 215 g/mol. The smallest absolute Gasteiger partial charge is 0.500 e. The van der Waals surface area contributed by atoms with E-state index in [0.717, 1.165) is 19.0 Å². The fraction of sp³-hybridized carbons (Fsp3) is 1.00. The summed E-state index contributed by atoms with van der Waals surface area (Å²) in [6.45, 7) is 0.894. The van der Waals surface area contributed by atoms with Gasteiger partial charge in [0.05, 0.1) is 6.54 Å². The van der Waals surface area contributed by atoms with Crippen LogP contribution in [-0.4, -0.2) is 36.7 Å². The molecule has 0 atom stereocenters. The molecule has 0 fully saturated rings. The van der Waals surface area contributed by atoms with Gasteiger partial charge in [-0.1, -0.05) is 0 Å². The van der Waals surface area contributed by atoms with Crippen LogP contribution in [0.25, 0.3) is 0 Å². The largest absolute Gasteiger partial charge is 1.00 e. The molecule has 0 aromatic rings. The Bertz CT molecular complexity index is 94.5.